The number of allylic oxidation sites excluding steroid dienone is 1. The van der Waals surface area contributed by atoms with Gasteiger partial charge in [0, 0.05) is 11.8 Å². The summed E-state index contributed by atoms with van der Waals surface area (Å²) in [6.45, 7) is 5.94. The topological polar surface area (TPSA) is 80.1 Å². The molecule has 0 saturated carbocycles. The van der Waals surface area contributed by atoms with Gasteiger partial charge in [-0.2, -0.15) is 0 Å². The zero-order valence-corrected chi connectivity index (χ0v) is 17.4. The van der Waals surface area contributed by atoms with Crippen LogP contribution in [0.15, 0.2) is 56.6 Å². The van der Waals surface area contributed by atoms with Gasteiger partial charge in [0.05, 0.1) is 28.2 Å². The highest BCUT2D eigenvalue weighted by atomic mass is 35.5. The molecule has 0 saturated heterocycles. The van der Waals surface area contributed by atoms with E-state index >= 15 is 0 Å². The lowest BCUT2D eigenvalue weighted by molar-refractivity contribution is 0.370. The summed E-state index contributed by atoms with van der Waals surface area (Å²) >= 11 is 6.36. The average molecular weight is 427 g/mol. The molecule has 1 aliphatic rings. The summed E-state index contributed by atoms with van der Waals surface area (Å²) in [6, 6.07) is 6.85. The molecule has 3 aromatic rings. The van der Waals surface area contributed by atoms with Crippen molar-refractivity contribution in [3.8, 4) is 11.3 Å². The fraction of sp³-hybridized carbons (Fsp3) is 0.273. The number of pyridine rings is 1. The highest BCUT2D eigenvalue weighted by Crippen LogP contribution is 2.34. The Balaban J connectivity index is 2.08. The van der Waals surface area contributed by atoms with E-state index in [4.69, 9.17) is 11.6 Å². The zero-order chi connectivity index (χ0) is 21.6. The highest BCUT2D eigenvalue weighted by Gasteiger charge is 2.31. The van der Waals surface area contributed by atoms with E-state index < -0.39 is 23.1 Å². The monoisotopic (exact) mass is 426 g/mol. The molecule has 4 rings (SSSR count). The Kier molecular flexibility index (Phi) is 5.15. The van der Waals surface area contributed by atoms with Gasteiger partial charge in [0.15, 0.2) is 5.65 Å². The summed E-state index contributed by atoms with van der Waals surface area (Å²) in [4.78, 5) is 36.9. The van der Waals surface area contributed by atoms with E-state index in [0.717, 1.165) is 5.57 Å². The van der Waals surface area contributed by atoms with Crippen molar-refractivity contribution in [1.82, 2.24) is 14.5 Å². The third kappa shape index (κ3) is 3.29. The van der Waals surface area contributed by atoms with Gasteiger partial charge in [-0.15, -0.1) is 0 Å². The van der Waals surface area contributed by atoms with Crippen LogP contribution in [-0.4, -0.2) is 26.8 Å². The van der Waals surface area contributed by atoms with Gasteiger partial charge >= 0.3 is 5.69 Å². The van der Waals surface area contributed by atoms with Crippen LogP contribution in [-0.2, 0) is 0 Å². The standard InChI is InChI=1S/C22H20ClFN4O2/c1-11(2)17-19(12(3)8-9-25-17)28-20-14(21(29)27-22(28)30)10-15(23)18(26-20)13-6-4-5-7-16(13)24/h4-11,17,19H,1-3H3,(H,27,29,30)/t17-,19?/m0/s1. The van der Waals surface area contributed by atoms with E-state index in [0.29, 0.717) is 0 Å². The maximum Gasteiger partial charge on any atom is 0.330 e. The average Bonchev–Trinajstić information content (AvgIpc) is 2.69. The molecule has 0 amide bonds. The van der Waals surface area contributed by atoms with Crippen LogP contribution < -0.4 is 11.2 Å². The second kappa shape index (κ2) is 7.65. The minimum atomic E-state index is -0.595. The summed E-state index contributed by atoms with van der Waals surface area (Å²) < 4.78 is 15.9. The predicted molar refractivity (Wildman–Crippen MR) is 117 cm³/mol. The largest absolute Gasteiger partial charge is 0.330 e. The van der Waals surface area contributed by atoms with Gasteiger partial charge in [-0.1, -0.05) is 37.6 Å². The van der Waals surface area contributed by atoms with E-state index in [1.54, 1.807) is 24.4 Å². The summed E-state index contributed by atoms with van der Waals surface area (Å²) in [5.41, 5.74) is 0.224. The van der Waals surface area contributed by atoms with Crippen molar-refractivity contribution in [3.05, 3.63) is 73.7 Å². The number of H-pyrrole nitrogens is 1. The molecule has 0 aliphatic carbocycles. The molecule has 2 aromatic heterocycles. The number of aromatic nitrogens is 3. The first kappa shape index (κ1) is 20.2. The van der Waals surface area contributed by atoms with Crippen LogP contribution in [0.5, 0.6) is 0 Å². The number of hydrogen-bond donors (Lipinski definition) is 1. The first-order valence-electron chi connectivity index (χ1n) is 9.59. The molecule has 30 heavy (non-hydrogen) atoms. The molecule has 0 bridgehead atoms. The third-order valence-corrected chi connectivity index (χ3v) is 5.63. The molecule has 6 nitrogen and oxygen atoms in total. The lowest BCUT2D eigenvalue weighted by Crippen LogP contribution is -2.40. The number of aromatic amines is 1. The summed E-state index contributed by atoms with van der Waals surface area (Å²) in [5, 5.41) is 0.280. The fourth-order valence-corrected chi connectivity index (χ4v) is 4.11. The van der Waals surface area contributed by atoms with Crippen molar-refractivity contribution >= 4 is 28.8 Å². The van der Waals surface area contributed by atoms with Crippen LogP contribution in [0.25, 0.3) is 22.3 Å². The molecule has 1 N–H and O–H groups in total. The van der Waals surface area contributed by atoms with E-state index in [-0.39, 0.29) is 39.3 Å². The van der Waals surface area contributed by atoms with E-state index in [9.17, 15) is 14.0 Å². The van der Waals surface area contributed by atoms with E-state index in [1.165, 1.54) is 16.7 Å². The van der Waals surface area contributed by atoms with Crippen molar-refractivity contribution in [1.29, 1.82) is 0 Å². The molecule has 1 aromatic carbocycles. The van der Waals surface area contributed by atoms with Crippen molar-refractivity contribution in [3.63, 3.8) is 0 Å². The van der Waals surface area contributed by atoms with Gasteiger partial charge in [0.25, 0.3) is 5.56 Å². The predicted octanol–water partition coefficient (Wildman–Crippen LogP) is 4.14. The Morgan fingerprint density at radius 3 is 2.67 bits per heavy atom. The normalized spacial score (nSPS) is 18.8. The summed E-state index contributed by atoms with van der Waals surface area (Å²) in [5.74, 6) is -0.370. The number of rotatable bonds is 3. The smallest absolute Gasteiger partial charge is 0.287 e. The number of aliphatic imine (C=N–C) groups is 1. The lowest BCUT2D eigenvalue weighted by atomic mass is 9.90. The first-order chi connectivity index (χ1) is 14.3. The Bertz CT molecular complexity index is 1320. The fourth-order valence-electron chi connectivity index (χ4n) is 3.85. The molecule has 0 fully saturated rings. The number of nitrogens with zero attached hydrogens (tertiary/aromatic N) is 3. The van der Waals surface area contributed by atoms with E-state index in [1.807, 2.05) is 26.8 Å². The summed E-state index contributed by atoms with van der Waals surface area (Å²) in [6.07, 6.45) is 3.56. The van der Waals surface area contributed by atoms with Crippen LogP contribution >= 0.6 is 11.6 Å². The SMILES string of the molecule is CC1=CC=N[C@@H](C(C)C)C1n1c(=O)[nH]c(=O)c2cc(Cl)c(-c3ccccc3F)nc21. The molecular formula is C22H20ClFN4O2. The van der Waals surface area contributed by atoms with Crippen molar-refractivity contribution in [2.24, 2.45) is 10.9 Å². The Labute approximate surface area is 176 Å². The number of nitrogens with one attached hydrogen (secondary N) is 1. The molecule has 3 heterocycles. The molecule has 154 valence electrons. The second-order valence-corrected chi connectivity index (χ2v) is 8.09. The molecular weight excluding hydrogens is 407 g/mol. The van der Waals surface area contributed by atoms with Crippen LogP contribution in [0.2, 0.25) is 5.02 Å². The molecule has 1 aliphatic heterocycles. The maximum atomic E-state index is 14.4. The lowest BCUT2D eigenvalue weighted by Gasteiger charge is -2.32. The molecule has 0 spiro atoms. The molecule has 0 radical (unpaired) electrons. The summed E-state index contributed by atoms with van der Waals surface area (Å²) in [7, 11) is 0. The minimum absolute atomic E-state index is 0.123. The molecule has 8 heteroatoms. The Morgan fingerprint density at radius 2 is 1.97 bits per heavy atom. The third-order valence-electron chi connectivity index (χ3n) is 5.34. The van der Waals surface area contributed by atoms with Crippen LogP contribution in [0.4, 0.5) is 4.39 Å². The van der Waals surface area contributed by atoms with Gasteiger partial charge in [-0.05, 0) is 42.7 Å². The van der Waals surface area contributed by atoms with Gasteiger partial charge in [0.2, 0.25) is 0 Å². The van der Waals surface area contributed by atoms with E-state index in [2.05, 4.69) is 15.0 Å². The minimum Gasteiger partial charge on any atom is -0.287 e. The highest BCUT2D eigenvalue weighted by molar-refractivity contribution is 6.33. The van der Waals surface area contributed by atoms with Crippen molar-refractivity contribution in [2.75, 3.05) is 0 Å². The van der Waals surface area contributed by atoms with Gasteiger partial charge in [0.1, 0.15) is 5.82 Å². The van der Waals surface area contributed by atoms with Crippen molar-refractivity contribution < 1.29 is 4.39 Å². The number of hydrogen-bond acceptors (Lipinski definition) is 4. The first-order valence-corrected chi connectivity index (χ1v) is 9.97. The molecule has 2 atom stereocenters. The van der Waals surface area contributed by atoms with Gasteiger partial charge in [-0.25, -0.2) is 14.2 Å². The molecule has 1 unspecified atom stereocenters. The van der Waals surface area contributed by atoms with Crippen LogP contribution in [0, 0.1) is 11.7 Å². The maximum absolute atomic E-state index is 14.4. The number of dihydropyridines is 1. The van der Waals surface area contributed by atoms with Crippen LogP contribution in [0.1, 0.15) is 26.8 Å². The van der Waals surface area contributed by atoms with Crippen molar-refractivity contribution in [2.45, 2.75) is 32.9 Å². The quantitative estimate of drug-likeness (QED) is 0.683. The van der Waals surface area contributed by atoms with Crippen LogP contribution in [0.3, 0.4) is 0 Å². The van der Waals surface area contributed by atoms with Gasteiger partial charge < -0.3 is 0 Å². The number of fused-ring (bicyclic) bond motifs is 1. The number of halogens is 2. The second-order valence-electron chi connectivity index (χ2n) is 7.69. The van der Waals surface area contributed by atoms with Gasteiger partial charge in [-0.3, -0.25) is 19.3 Å². The Hall–Kier alpha value is -3.06. The Morgan fingerprint density at radius 1 is 1.23 bits per heavy atom. The number of benzene rings is 1. The zero-order valence-electron chi connectivity index (χ0n) is 16.7.